The van der Waals surface area contributed by atoms with Crippen LogP contribution in [0.2, 0.25) is 0 Å². The van der Waals surface area contributed by atoms with E-state index < -0.39 is 0 Å². The molecule has 0 aromatic carbocycles. The third-order valence-electron chi connectivity index (χ3n) is 3.21. The van der Waals surface area contributed by atoms with Gasteiger partial charge in [0.25, 0.3) is 0 Å². The summed E-state index contributed by atoms with van der Waals surface area (Å²) in [5.74, 6) is 1.94. The number of aryl methyl sites for hydroxylation is 1. The van der Waals surface area contributed by atoms with Gasteiger partial charge in [-0.15, -0.1) is 0 Å². The molecule has 0 aliphatic carbocycles. The van der Waals surface area contributed by atoms with Crippen LogP contribution in [0.15, 0.2) is 6.20 Å². The third kappa shape index (κ3) is 1.21. The quantitative estimate of drug-likeness (QED) is 0.691. The van der Waals surface area contributed by atoms with Gasteiger partial charge in [-0.1, -0.05) is 0 Å². The molecule has 1 saturated heterocycles. The van der Waals surface area contributed by atoms with Crippen molar-refractivity contribution in [3.63, 3.8) is 0 Å². The van der Waals surface area contributed by atoms with Crippen molar-refractivity contribution < 1.29 is 0 Å². The van der Waals surface area contributed by atoms with Crippen LogP contribution in [0.4, 0.5) is 5.82 Å². The van der Waals surface area contributed by atoms with Gasteiger partial charge >= 0.3 is 0 Å². The Morgan fingerprint density at radius 1 is 1.43 bits per heavy atom. The average Bonchev–Trinajstić information content (AvgIpc) is 2.85. The molecule has 2 N–H and O–H groups in total. The highest BCUT2D eigenvalue weighted by atomic mass is 15.3. The molecule has 3 rings (SSSR count). The Morgan fingerprint density at radius 3 is 3.29 bits per heavy atom. The normalized spacial score (nSPS) is 25.9. The van der Waals surface area contributed by atoms with Gasteiger partial charge in [0, 0.05) is 31.1 Å². The first-order valence-corrected chi connectivity index (χ1v) is 5.45. The summed E-state index contributed by atoms with van der Waals surface area (Å²) in [6, 6.07) is 0. The molecule has 1 aromatic rings. The van der Waals surface area contributed by atoms with Crippen molar-refractivity contribution in [3.8, 4) is 0 Å². The van der Waals surface area contributed by atoms with E-state index in [9.17, 15) is 0 Å². The predicted octanol–water partition coefficient (Wildman–Crippen LogP) is 0.776. The second kappa shape index (κ2) is 3.28. The van der Waals surface area contributed by atoms with E-state index in [1.807, 2.05) is 6.20 Å². The topological polar surface area (TPSA) is 41.9 Å². The molecule has 1 atom stereocenters. The lowest BCUT2D eigenvalue weighted by atomic mass is 10.0. The predicted molar refractivity (Wildman–Crippen MR) is 55.6 cm³/mol. The van der Waals surface area contributed by atoms with E-state index in [4.69, 9.17) is 0 Å². The number of anilines is 1. The molecule has 2 aliphatic heterocycles. The first-order valence-electron chi connectivity index (χ1n) is 5.45. The van der Waals surface area contributed by atoms with E-state index in [1.54, 1.807) is 0 Å². The molecule has 0 spiro atoms. The van der Waals surface area contributed by atoms with Crippen LogP contribution in [-0.2, 0) is 6.54 Å². The second-order valence-electron chi connectivity index (χ2n) is 4.14. The minimum absolute atomic E-state index is 0.671. The van der Waals surface area contributed by atoms with Gasteiger partial charge in [-0.3, -0.25) is 0 Å². The largest absolute Gasteiger partial charge is 0.370 e. The van der Waals surface area contributed by atoms with Crippen molar-refractivity contribution in [1.29, 1.82) is 0 Å². The van der Waals surface area contributed by atoms with Crippen molar-refractivity contribution in [2.45, 2.75) is 25.3 Å². The van der Waals surface area contributed by atoms with Crippen molar-refractivity contribution in [2.24, 2.45) is 0 Å². The van der Waals surface area contributed by atoms with Gasteiger partial charge in [0.2, 0.25) is 0 Å². The fourth-order valence-corrected chi connectivity index (χ4v) is 2.42. The molecule has 1 unspecified atom stereocenters. The summed E-state index contributed by atoms with van der Waals surface area (Å²) in [5.41, 5.74) is 1.41. The van der Waals surface area contributed by atoms with Gasteiger partial charge in [0.1, 0.15) is 5.82 Å². The maximum atomic E-state index is 4.43. The monoisotopic (exact) mass is 192 g/mol. The van der Waals surface area contributed by atoms with Crippen molar-refractivity contribution >= 4 is 5.82 Å². The van der Waals surface area contributed by atoms with Gasteiger partial charge in [0.05, 0.1) is 6.20 Å². The molecular weight excluding hydrogens is 176 g/mol. The first kappa shape index (κ1) is 8.29. The molecule has 0 amide bonds. The first-order chi connectivity index (χ1) is 6.95. The minimum Gasteiger partial charge on any atom is -0.370 e. The number of hydrogen-bond donors (Lipinski definition) is 2. The van der Waals surface area contributed by atoms with Gasteiger partial charge in [-0.2, -0.15) is 5.10 Å². The Morgan fingerprint density at radius 2 is 2.43 bits per heavy atom. The standard InChI is InChI=1S/C10H16N4/c1-3-12-10-9(7-13-14(10)5-1)8-2-4-11-6-8/h7-8,11-12H,1-6H2. The van der Waals surface area contributed by atoms with E-state index in [2.05, 4.69) is 20.4 Å². The van der Waals surface area contributed by atoms with Gasteiger partial charge in [-0.05, 0) is 19.4 Å². The fourth-order valence-electron chi connectivity index (χ4n) is 2.42. The maximum absolute atomic E-state index is 4.43. The third-order valence-corrected chi connectivity index (χ3v) is 3.21. The summed E-state index contributed by atoms with van der Waals surface area (Å²) in [6.07, 6.45) is 4.49. The van der Waals surface area contributed by atoms with Crippen LogP contribution >= 0.6 is 0 Å². The van der Waals surface area contributed by atoms with E-state index in [0.29, 0.717) is 5.92 Å². The van der Waals surface area contributed by atoms with E-state index in [1.165, 1.54) is 24.2 Å². The maximum Gasteiger partial charge on any atom is 0.127 e. The zero-order valence-electron chi connectivity index (χ0n) is 8.29. The minimum atomic E-state index is 0.671. The lowest BCUT2D eigenvalue weighted by molar-refractivity contribution is 0.566. The molecule has 4 nitrogen and oxygen atoms in total. The fraction of sp³-hybridized carbons (Fsp3) is 0.700. The zero-order valence-corrected chi connectivity index (χ0v) is 8.29. The number of rotatable bonds is 1. The lowest BCUT2D eigenvalue weighted by Crippen LogP contribution is -2.19. The van der Waals surface area contributed by atoms with Crippen LogP contribution in [0.3, 0.4) is 0 Å². The Hall–Kier alpha value is -1.03. The number of nitrogens with zero attached hydrogens (tertiary/aromatic N) is 2. The summed E-state index contributed by atoms with van der Waals surface area (Å²) < 4.78 is 2.11. The molecule has 4 heteroatoms. The molecule has 0 bridgehead atoms. The molecule has 76 valence electrons. The molecule has 14 heavy (non-hydrogen) atoms. The highest BCUT2D eigenvalue weighted by molar-refractivity contribution is 5.47. The Labute approximate surface area is 83.7 Å². The summed E-state index contributed by atoms with van der Waals surface area (Å²) in [6.45, 7) is 4.43. The Kier molecular flexibility index (Phi) is 1.94. The summed E-state index contributed by atoms with van der Waals surface area (Å²) in [5, 5.41) is 11.3. The molecule has 0 radical (unpaired) electrons. The number of fused-ring (bicyclic) bond motifs is 1. The number of nitrogens with one attached hydrogen (secondary N) is 2. The molecule has 1 fully saturated rings. The number of hydrogen-bond acceptors (Lipinski definition) is 3. The average molecular weight is 192 g/mol. The molecule has 0 saturated carbocycles. The Bertz CT molecular complexity index is 325. The summed E-state index contributed by atoms with van der Waals surface area (Å²) in [7, 11) is 0. The van der Waals surface area contributed by atoms with E-state index >= 15 is 0 Å². The van der Waals surface area contributed by atoms with Crippen molar-refractivity contribution in [3.05, 3.63) is 11.8 Å². The van der Waals surface area contributed by atoms with Crippen LogP contribution < -0.4 is 10.6 Å². The zero-order chi connectivity index (χ0) is 9.38. The lowest BCUT2D eigenvalue weighted by Gasteiger charge is -2.18. The molecular formula is C10H16N4. The van der Waals surface area contributed by atoms with E-state index in [0.717, 1.165) is 26.2 Å². The smallest absolute Gasteiger partial charge is 0.127 e. The second-order valence-corrected chi connectivity index (χ2v) is 4.14. The molecule has 3 heterocycles. The van der Waals surface area contributed by atoms with Gasteiger partial charge < -0.3 is 10.6 Å². The van der Waals surface area contributed by atoms with Crippen LogP contribution in [0.25, 0.3) is 0 Å². The summed E-state index contributed by atoms with van der Waals surface area (Å²) >= 11 is 0. The molecule has 2 aliphatic rings. The van der Waals surface area contributed by atoms with E-state index in [-0.39, 0.29) is 0 Å². The highest BCUT2D eigenvalue weighted by Crippen LogP contribution is 2.30. The van der Waals surface area contributed by atoms with Gasteiger partial charge in [0.15, 0.2) is 0 Å². The van der Waals surface area contributed by atoms with Crippen molar-refractivity contribution in [1.82, 2.24) is 15.1 Å². The Balaban J connectivity index is 1.93. The highest BCUT2D eigenvalue weighted by Gasteiger charge is 2.23. The number of aromatic nitrogens is 2. The SMILES string of the molecule is c1nn2c(c1C1CCNC1)NCCC2. The van der Waals surface area contributed by atoms with Crippen LogP contribution in [0.5, 0.6) is 0 Å². The molecule has 1 aromatic heterocycles. The van der Waals surface area contributed by atoms with Gasteiger partial charge in [-0.25, -0.2) is 4.68 Å². The van der Waals surface area contributed by atoms with Crippen LogP contribution in [0.1, 0.15) is 24.3 Å². The van der Waals surface area contributed by atoms with Crippen LogP contribution in [-0.4, -0.2) is 29.4 Å². The summed E-state index contributed by atoms with van der Waals surface area (Å²) in [4.78, 5) is 0. The van der Waals surface area contributed by atoms with Crippen molar-refractivity contribution in [2.75, 3.05) is 25.0 Å². The van der Waals surface area contributed by atoms with Crippen LogP contribution in [0, 0.1) is 0 Å².